The zero-order chi connectivity index (χ0) is 36.1. The summed E-state index contributed by atoms with van der Waals surface area (Å²) in [5, 5.41) is 13.6. The minimum atomic E-state index is -4.34. The molecule has 0 radical (unpaired) electrons. The van der Waals surface area contributed by atoms with Crippen LogP contribution in [0.3, 0.4) is 0 Å². The first-order valence-corrected chi connectivity index (χ1v) is 22.0. The average Bonchev–Trinajstić information content (AvgIpc) is 3.09. The van der Waals surface area contributed by atoms with Crippen LogP contribution in [0.25, 0.3) is 0 Å². The lowest BCUT2D eigenvalue weighted by molar-refractivity contribution is -0.123. The Bertz CT molecular complexity index is 825. The standard InChI is InChI=1S/C40H79N2O6P/c1-3-5-7-9-11-13-15-17-18-19-20-21-22-24-26-28-30-32-34-40(44)42-38(37-48-49(45,46)47-36-35-41)39(43)33-31-29-27-25-23-16-14-12-10-8-6-4-2/h23,25,31,33,38-39,43H,3-22,24,26-30,32,34-37,41H2,1-2H3,(H,42,44)(H,45,46)/b25-23+,33-31+. The molecule has 9 heteroatoms. The summed E-state index contributed by atoms with van der Waals surface area (Å²) in [7, 11) is -4.34. The SMILES string of the molecule is CCCCCCCC/C=C/CC/C=C/C(O)C(COP(=O)(O)OCCN)NC(=O)CCCCCCCCCCCCCCCCCCCC. The fourth-order valence-electron chi connectivity index (χ4n) is 5.91. The summed E-state index contributed by atoms with van der Waals surface area (Å²) in [6.07, 6.45) is 40.8. The van der Waals surface area contributed by atoms with Crippen LogP contribution in [0.15, 0.2) is 24.3 Å². The van der Waals surface area contributed by atoms with Crippen molar-refractivity contribution in [2.24, 2.45) is 5.73 Å². The third-order valence-electron chi connectivity index (χ3n) is 9.03. The number of amides is 1. The topological polar surface area (TPSA) is 131 Å². The van der Waals surface area contributed by atoms with Crippen molar-refractivity contribution in [1.29, 1.82) is 0 Å². The molecule has 3 unspecified atom stereocenters. The first kappa shape index (κ1) is 48.0. The van der Waals surface area contributed by atoms with Crippen LogP contribution in [0.1, 0.15) is 194 Å². The van der Waals surface area contributed by atoms with E-state index in [4.69, 9.17) is 14.8 Å². The second-order valence-electron chi connectivity index (χ2n) is 13.8. The lowest BCUT2D eigenvalue weighted by atomic mass is 10.0. The quantitative estimate of drug-likeness (QED) is 0.0284. The first-order chi connectivity index (χ1) is 23.9. The third-order valence-corrected chi connectivity index (χ3v) is 10.0. The van der Waals surface area contributed by atoms with Crippen molar-refractivity contribution >= 4 is 13.7 Å². The van der Waals surface area contributed by atoms with E-state index in [1.165, 1.54) is 135 Å². The summed E-state index contributed by atoms with van der Waals surface area (Å²) < 4.78 is 22.0. The summed E-state index contributed by atoms with van der Waals surface area (Å²) in [6.45, 7) is 4.10. The summed E-state index contributed by atoms with van der Waals surface area (Å²) in [5.74, 6) is -0.203. The normalized spacial score (nSPS) is 14.5. The number of phosphoric ester groups is 1. The highest BCUT2D eigenvalue weighted by molar-refractivity contribution is 7.47. The highest BCUT2D eigenvalue weighted by atomic mass is 31.2. The van der Waals surface area contributed by atoms with Gasteiger partial charge in [0.15, 0.2) is 0 Å². The number of carbonyl (C=O) groups excluding carboxylic acids is 1. The molecule has 0 saturated heterocycles. The van der Waals surface area contributed by atoms with Gasteiger partial charge in [0, 0.05) is 13.0 Å². The van der Waals surface area contributed by atoms with Crippen LogP contribution in [-0.4, -0.2) is 47.8 Å². The van der Waals surface area contributed by atoms with E-state index >= 15 is 0 Å². The maximum Gasteiger partial charge on any atom is 0.472 e. The maximum atomic E-state index is 12.7. The van der Waals surface area contributed by atoms with E-state index in [0.29, 0.717) is 6.42 Å². The number of phosphoric acid groups is 1. The predicted octanol–water partition coefficient (Wildman–Crippen LogP) is 11.0. The Morgan fingerprint density at radius 2 is 1.08 bits per heavy atom. The van der Waals surface area contributed by atoms with E-state index in [9.17, 15) is 19.4 Å². The molecule has 0 bridgehead atoms. The summed E-state index contributed by atoms with van der Waals surface area (Å²) in [6, 6.07) is -0.871. The van der Waals surface area contributed by atoms with Gasteiger partial charge in [0.05, 0.1) is 25.4 Å². The van der Waals surface area contributed by atoms with Crippen LogP contribution in [0.4, 0.5) is 0 Å². The van der Waals surface area contributed by atoms with Gasteiger partial charge in [0.25, 0.3) is 0 Å². The second-order valence-corrected chi connectivity index (χ2v) is 15.3. The van der Waals surface area contributed by atoms with E-state index in [1.54, 1.807) is 6.08 Å². The number of nitrogens with one attached hydrogen (secondary N) is 1. The molecule has 1 amide bonds. The molecule has 3 atom stereocenters. The van der Waals surface area contributed by atoms with E-state index in [1.807, 2.05) is 6.08 Å². The number of hydrogen-bond donors (Lipinski definition) is 4. The van der Waals surface area contributed by atoms with E-state index in [2.05, 4.69) is 31.3 Å². The van der Waals surface area contributed by atoms with Gasteiger partial charge < -0.3 is 21.1 Å². The molecule has 0 aliphatic heterocycles. The fourth-order valence-corrected chi connectivity index (χ4v) is 6.67. The van der Waals surface area contributed by atoms with Crippen molar-refractivity contribution in [3.8, 4) is 0 Å². The monoisotopic (exact) mass is 715 g/mol. The molecule has 0 aromatic heterocycles. The number of carbonyl (C=O) groups is 1. The van der Waals surface area contributed by atoms with Crippen molar-refractivity contribution in [3.63, 3.8) is 0 Å². The van der Waals surface area contributed by atoms with E-state index < -0.39 is 20.0 Å². The molecular formula is C40H79N2O6P. The van der Waals surface area contributed by atoms with Crippen LogP contribution in [-0.2, 0) is 18.4 Å². The van der Waals surface area contributed by atoms with E-state index in [0.717, 1.165) is 38.5 Å². The smallest absolute Gasteiger partial charge is 0.387 e. The number of hydrogen-bond acceptors (Lipinski definition) is 6. The molecule has 0 saturated carbocycles. The summed E-state index contributed by atoms with van der Waals surface area (Å²) >= 11 is 0. The molecule has 0 fully saturated rings. The Kier molecular flexibility index (Phi) is 36.0. The summed E-state index contributed by atoms with van der Waals surface area (Å²) in [4.78, 5) is 22.6. The lowest BCUT2D eigenvalue weighted by Crippen LogP contribution is -2.45. The van der Waals surface area contributed by atoms with Gasteiger partial charge in [-0.2, -0.15) is 0 Å². The van der Waals surface area contributed by atoms with Crippen LogP contribution >= 0.6 is 7.82 Å². The van der Waals surface area contributed by atoms with Crippen molar-refractivity contribution < 1.29 is 28.4 Å². The molecule has 8 nitrogen and oxygen atoms in total. The molecular weight excluding hydrogens is 635 g/mol. The minimum absolute atomic E-state index is 0.0756. The molecule has 0 rings (SSSR count). The Labute approximate surface area is 302 Å². The molecule has 0 aliphatic carbocycles. The highest BCUT2D eigenvalue weighted by Gasteiger charge is 2.26. The highest BCUT2D eigenvalue weighted by Crippen LogP contribution is 2.43. The zero-order valence-electron chi connectivity index (χ0n) is 31.9. The fraction of sp³-hybridized carbons (Fsp3) is 0.875. The van der Waals surface area contributed by atoms with Gasteiger partial charge >= 0.3 is 7.82 Å². The number of allylic oxidation sites excluding steroid dienone is 3. The molecule has 0 aromatic carbocycles. The van der Waals surface area contributed by atoms with Crippen molar-refractivity contribution in [2.45, 2.75) is 206 Å². The molecule has 290 valence electrons. The predicted molar refractivity (Wildman–Crippen MR) is 208 cm³/mol. The number of aliphatic hydroxyl groups excluding tert-OH is 1. The lowest BCUT2D eigenvalue weighted by Gasteiger charge is -2.23. The Balaban J connectivity index is 4.22. The van der Waals surface area contributed by atoms with Gasteiger partial charge in [0.1, 0.15) is 0 Å². The van der Waals surface area contributed by atoms with Gasteiger partial charge in [-0.1, -0.05) is 179 Å². The third kappa shape index (κ3) is 35.2. The molecule has 5 N–H and O–H groups in total. The number of aliphatic hydroxyl groups is 1. The average molecular weight is 715 g/mol. The minimum Gasteiger partial charge on any atom is -0.387 e. The first-order valence-electron chi connectivity index (χ1n) is 20.5. The molecule has 0 heterocycles. The molecule has 0 aliphatic rings. The Hall–Kier alpha value is -1.02. The van der Waals surface area contributed by atoms with E-state index in [-0.39, 0.29) is 25.7 Å². The Morgan fingerprint density at radius 3 is 1.57 bits per heavy atom. The molecule has 0 aromatic rings. The molecule has 49 heavy (non-hydrogen) atoms. The zero-order valence-corrected chi connectivity index (χ0v) is 32.8. The van der Waals surface area contributed by atoms with Gasteiger partial charge in [-0.15, -0.1) is 0 Å². The van der Waals surface area contributed by atoms with Crippen LogP contribution in [0.5, 0.6) is 0 Å². The van der Waals surface area contributed by atoms with Gasteiger partial charge in [-0.05, 0) is 32.1 Å². The number of unbranched alkanes of at least 4 members (excludes halogenated alkanes) is 24. The number of rotatable bonds is 38. The van der Waals surface area contributed by atoms with Crippen molar-refractivity contribution in [2.75, 3.05) is 19.8 Å². The van der Waals surface area contributed by atoms with Gasteiger partial charge in [0.2, 0.25) is 5.91 Å². The van der Waals surface area contributed by atoms with Crippen molar-refractivity contribution in [3.05, 3.63) is 24.3 Å². The number of nitrogens with two attached hydrogens (primary N) is 1. The van der Waals surface area contributed by atoms with Gasteiger partial charge in [-0.25, -0.2) is 4.57 Å². The maximum absolute atomic E-state index is 12.7. The Morgan fingerprint density at radius 1 is 0.653 bits per heavy atom. The van der Waals surface area contributed by atoms with Crippen LogP contribution in [0, 0.1) is 0 Å². The van der Waals surface area contributed by atoms with Crippen LogP contribution < -0.4 is 11.1 Å². The van der Waals surface area contributed by atoms with Crippen molar-refractivity contribution in [1.82, 2.24) is 5.32 Å². The van der Waals surface area contributed by atoms with Gasteiger partial charge in [-0.3, -0.25) is 13.8 Å². The second kappa shape index (κ2) is 36.8. The van der Waals surface area contributed by atoms with Crippen LogP contribution in [0.2, 0.25) is 0 Å². The summed E-state index contributed by atoms with van der Waals surface area (Å²) in [5.41, 5.74) is 5.36. The molecule has 0 spiro atoms. The largest absolute Gasteiger partial charge is 0.472 e.